The summed E-state index contributed by atoms with van der Waals surface area (Å²) in [5, 5.41) is 14.4. The Hall–Kier alpha value is -1.35. The molecule has 0 radical (unpaired) electrons. The van der Waals surface area contributed by atoms with Crippen molar-refractivity contribution < 1.29 is 5.11 Å². The molecule has 0 aromatic heterocycles. The molecule has 0 aliphatic carbocycles. The largest absolute Gasteiger partial charge is 0.387 e. The van der Waals surface area contributed by atoms with Crippen LogP contribution in [0.2, 0.25) is 5.02 Å². The van der Waals surface area contributed by atoms with Gasteiger partial charge in [-0.1, -0.05) is 59.6 Å². The molecular weight excluding hydrogens is 282 g/mol. The highest BCUT2D eigenvalue weighted by Crippen LogP contribution is 2.17. The molecule has 112 valence electrons. The molecule has 0 fully saturated rings. The van der Waals surface area contributed by atoms with Crippen molar-refractivity contribution >= 4 is 11.6 Å². The molecule has 0 saturated carbocycles. The van der Waals surface area contributed by atoms with Crippen LogP contribution in [0.25, 0.3) is 0 Å². The van der Waals surface area contributed by atoms with Gasteiger partial charge in [0.2, 0.25) is 0 Å². The summed E-state index contributed by atoms with van der Waals surface area (Å²) in [5.74, 6) is 0. The third kappa shape index (κ3) is 4.85. The van der Waals surface area contributed by atoms with Crippen molar-refractivity contribution in [2.75, 3.05) is 6.54 Å². The normalized spacial score (nSPS) is 13.9. The minimum atomic E-state index is -0.487. The highest BCUT2D eigenvalue weighted by Gasteiger charge is 2.10. The first-order valence-electron chi connectivity index (χ1n) is 7.27. The lowest BCUT2D eigenvalue weighted by atomic mass is 10.1. The first kappa shape index (κ1) is 16.0. The molecule has 2 rings (SSSR count). The van der Waals surface area contributed by atoms with Crippen LogP contribution in [0, 0.1) is 6.92 Å². The third-order valence-electron chi connectivity index (χ3n) is 3.61. The monoisotopic (exact) mass is 303 g/mol. The molecule has 0 aliphatic rings. The molecule has 2 aromatic carbocycles. The third-order valence-corrected chi connectivity index (χ3v) is 3.97. The fourth-order valence-electron chi connectivity index (χ4n) is 2.29. The van der Waals surface area contributed by atoms with Gasteiger partial charge in [0.15, 0.2) is 0 Å². The Morgan fingerprint density at radius 2 is 1.76 bits per heavy atom. The molecule has 2 aromatic rings. The van der Waals surface area contributed by atoms with E-state index < -0.39 is 6.10 Å². The van der Waals surface area contributed by atoms with E-state index in [4.69, 9.17) is 11.6 Å². The average molecular weight is 304 g/mol. The predicted octanol–water partition coefficient (Wildman–Crippen LogP) is 3.90. The highest BCUT2D eigenvalue weighted by atomic mass is 35.5. The minimum absolute atomic E-state index is 0.255. The molecule has 1 unspecified atom stereocenters. The zero-order valence-corrected chi connectivity index (χ0v) is 13.3. The van der Waals surface area contributed by atoms with E-state index in [-0.39, 0.29) is 6.04 Å². The van der Waals surface area contributed by atoms with Crippen LogP contribution >= 0.6 is 11.6 Å². The smallest absolute Gasteiger partial charge is 0.0914 e. The summed E-state index contributed by atoms with van der Waals surface area (Å²) >= 11 is 6.16. The number of aryl methyl sites for hydroxylation is 1. The summed E-state index contributed by atoms with van der Waals surface area (Å²) < 4.78 is 0. The van der Waals surface area contributed by atoms with Crippen molar-refractivity contribution in [3.8, 4) is 0 Å². The van der Waals surface area contributed by atoms with Crippen molar-refractivity contribution in [3.05, 3.63) is 70.2 Å². The number of aliphatic hydroxyl groups excluding tert-OH is 1. The molecule has 21 heavy (non-hydrogen) atoms. The first-order valence-corrected chi connectivity index (χ1v) is 7.65. The average Bonchev–Trinajstić information content (AvgIpc) is 2.48. The van der Waals surface area contributed by atoms with E-state index >= 15 is 0 Å². The quantitative estimate of drug-likeness (QED) is 0.848. The molecular formula is C18H22ClNO. The van der Waals surface area contributed by atoms with E-state index in [0.717, 1.165) is 22.6 Å². The van der Waals surface area contributed by atoms with Gasteiger partial charge in [-0.05, 0) is 37.5 Å². The molecule has 3 heteroatoms. The first-order chi connectivity index (χ1) is 10.1. The summed E-state index contributed by atoms with van der Waals surface area (Å²) in [7, 11) is 0. The van der Waals surface area contributed by atoms with Gasteiger partial charge in [-0.15, -0.1) is 0 Å². The van der Waals surface area contributed by atoms with E-state index in [0.29, 0.717) is 6.54 Å². The lowest BCUT2D eigenvalue weighted by Gasteiger charge is -2.18. The molecule has 2 N–H and O–H groups in total. The van der Waals surface area contributed by atoms with Crippen molar-refractivity contribution in [3.63, 3.8) is 0 Å². The van der Waals surface area contributed by atoms with E-state index in [1.807, 2.05) is 55.5 Å². The summed E-state index contributed by atoms with van der Waals surface area (Å²) in [6, 6.07) is 16.1. The van der Waals surface area contributed by atoms with Crippen LogP contribution < -0.4 is 5.32 Å². The van der Waals surface area contributed by atoms with E-state index in [9.17, 15) is 5.11 Å². The van der Waals surface area contributed by atoms with Gasteiger partial charge >= 0.3 is 0 Å². The predicted molar refractivity (Wildman–Crippen MR) is 88.8 cm³/mol. The highest BCUT2D eigenvalue weighted by molar-refractivity contribution is 6.31. The molecule has 0 saturated heterocycles. The molecule has 0 amide bonds. The van der Waals surface area contributed by atoms with Crippen LogP contribution in [0.5, 0.6) is 0 Å². The maximum atomic E-state index is 10.2. The van der Waals surface area contributed by atoms with E-state index in [1.165, 1.54) is 5.56 Å². The van der Waals surface area contributed by atoms with Crippen LogP contribution in [0.3, 0.4) is 0 Å². The zero-order chi connectivity index (χ0) is 15.2. The van der Waals surface area contributed by atoms with E-state index in [1.54, 1.807) is 0 Å². The second-order valence-electron chi connectivity index (χ2n) is 5.53. The standard InChI is InChI=1S/C18H22ClNO/c1-13-7-9-15(10-8-13)18(21)12-20-14(2)11-16-5-3-4-6-17(16)19/h3-10,14,18,20-21H,11-12H2,1-2H3/t14?,18-/m0/s1. The van der Waals surface area contributed by atoms with Gasteiger partial charge in [0.25, 0.3) is 0 Å². The number of nitrogens with one attached hydrogen (secondary N) is 1. The lowest BCUT2D eigenvalue weighted by molar-refractivity contribution is 0.170. The Morgan fingerprint density at radius 1 is 1.10 bits per heavy atom. The van der Waals surface area contributed by atoms with Gasteiger partial charge in [0, 0.05) is 17.6 Å². The number of hydrogen-bond acceptors (Lipinski definition) is 2. The fraction of sp³-hybridized carbons (Fsp3) is 0.333. The number of aliphatic hydroxyl groups is 1. The van der Waals surface area contributed by atoms with Gasteiger partial charge in [-0.3, -0.25) is 0 Å². The van der Waals surface area contributed by atoms with Gasteiger partial charge in [0.05, 0.1) is 6.10 Å². The molecule has 0 heterocycles. The van der Waals surface area contributed by atoms with Crippen LogP contribution in [-0.4, -0.2) is 17.7 Å². The van der Waals surface area contributed by atoms with Crippen molar-refractivity contribution in [1.29, 1.82) is 0 Å². The maximum Gasteiger partial charge on any atom is 0.0914 e. The summed E-state index contributed by atoms with van der Waals surface area (Å²) in [5.41, 5.74) is 3.27. The topological polar surface area (TPSA) is 32.3 Å². The van der Waals surface area contributed by atoms with Crippen molar-refractivity contribution in [1.82, 2.24) is 5.32 Å². The molecule has 2 atom stereocenters. The Morgan fingerprint density at radius 3 is 2.43 bits per heavy atom. The van der Waals surface area contributed by atoms with Gasteiger partial charge < -0.3 is 10.4 Å². The minimum Gasteiger partial charge on any atom is -0.387 e. The van der Waals surface area contributed by atoms with Crippen molar-refractivity contribution in [2.24, 2.45) is 0 Å². The summed E-state index contributed by atoms with van der Waals surface area (Å²) in [6.45, 7) is 4.68. The van der Waals surface area contributed by atoms with Crippen LogP contribution in [0.15, 0.2) is 48.5 Å². The van der Waals surface area contributed by atoms with Crippen LogP contribution in [0.4, 0.5) is 0 Å². The SMILES string of the molecule is Cc1ccc([C@@H](O)CNC(C)Cc2ccccc2Cl)cc1. The zero-order valence-electron chi connectivity index (χ0n) is 12.5. The summed E-state index contributed by atoms with van der Waals surface area (Å²) in [6.07, 6.45) is 0.361. The maximum absolute atomic E-state index is 10.2. The second kappa shape index (κ2) is 7.60. The van der Waals surface area contributed by atoms with Crippen LogP contribution in [0.1, 0.15) is 29.7 Å². The number of hydrogen-bond donors (Lipinski definition) is 2. The van der Waals surface area contributed by atoms with Gasteiger partial charge in [0.1, 0.15) is 0 Å². The molecule has 0 aliphatic heterocycles. The lowest BCUT2D eigenvalue weighted by Crippen LogP contribution is -2.32. The van der Waals surface area contributed by atoms with Crippen molar-refractivity contribution in [2.45, 2.75) is 32.4 Å². The number of rotatable bonds is 6. The van der Waals surface area contributed by atoms with Crippen LogP contribution in [-0.2, 0) is 6.42 Å². The Labute approximate surface area is 131 Å². The summed E-state index contributed by atoms with van der Waals surface area (Å²) in [4.78, 5) is 0. The van der Waals surface area contributed by atoms with E-state index in [2.05, 4.69) is 12.2 Å². The molecule has 0 spiro atoms. The Balaban J connectivity index is 1.85. The Bertz CT molecular complexity index is 568. The molecule has 0 bridgehead atoms. The Kier molecular flexibility index (Phi) is 5.80. The number of benzene rings is 2. The fourth-order valence-corrected chi connectivity index (χ4v) is 2.50. The molecule has 2 nitrogen and oxygen atoms in total. The van der Waals surface area contributed by atoms with Gasteiger partial charge in [-0.2, -0.15) is 0 Å². The number of halogens is 1. The second-order valence-corrected chi connectivity index (χ2v) is 5.94. The van der Waals surface area contributed by atoms with Gasteiger partial charge in [-0.25, -0.2) is 0 Å².